The first-order chi connectivity index (χ1) is 23.1. The molecule has 0 amide bonds. The first-order valence-corrected chi connectivity index (χ1v) is 17.1. The van der Waals surface area contributed by atoms with Crippen LogP contribution in [0.15, 0.2) is 90.5 Å². The van der Waals surface area contributed by atoms with Gasteiger partial charge in [0.05, 0.1) is 33.1 Å². The van der Waals surface area contributed by atoms with Gasteiger partial charge in [-0.3, -0.25) is 0 Å². The minimum Gasteiger partial charge on any atom is -0.497 e. The van der Waals surface area contributed by atoms with Crippen LogP contribution in [0.25, 0.3) is 28.0 Å². The fourth-order valence-corrected chi connectivity index (χ4v) is 8.59. The molecule has 0 bridgehead atoms. The number of anilines is 1. The van der Waals surface area contributed by atoms with Crippen LogP contribution in [0.1, 0.15) is 61.8 Å². The fraction of sp³-hybridized carbons (Fsp3) is 0.333. The predicted molar refractivity (Wildman–Crippen MR) is 191 cm³/mol. The second-order valence-electron chi connectivity index (χ2n) is 13.0. The zero-order chi connectivity index (χ0) is 32.2. The molecule has 0 radical (unpaired) electrons. The molecule has 4 aromatic rings. The number of fused-ring (bicyclic) bond motifs is 8. The van der Waals surface area contributed by atoms with E-state index in [-0.39, 0.29) is 5.41 Å². The zero-order valence-corrected chi connectivity index (χ0v) is 27.9. The maximum Gasteiger partial charge on any atom is 0.177 e. The highest BCUT2D eigenvalue weighted by molar-refractivity contribution is 6.10. The van der Waals surface area contributed by atoms with Gasteiger partial charge in [0.15, 0.2) is 5.60 Å². The summed E-state index contributed by atoms with van der Waals surface area (Å²) in [7, 11) is 3.49. The van der Waals surface area contributed by atoms with Crippen LogP contribution < -0.4 is 19.1 Å². The predicted octanol–water partition coefficient (Wildman–Crippen LogP) is 9.36. The van der Waals surface area contributed by atoms with E-state index in [9.17, 15) is 0 Å². The van der Waals surface area contributed by atoms with Crippen LogP contribution in [-0.4, -0.2) is 40.5 Å². The maximum absolute atomic E-state index is 7.59. The summed E-state index contributed by atoms with van der Waals surface area (Å²) in [6.07, 6.45) is 15.5. The standard InChI is InChI=1S/C42H43NO4/c1-5-41(6-2)35-15-11-10-14-31(35)38-33-26-36(43-22-24-46-25-23-43)37(45-4)27-34(33)40-32(39(38)41)20-21-42(47-40,28-12-8-7-9-13-28)29-16-18-30(44-3)19-17-29/h8,10-21,26-27H,5-7,9,22-25H2,1-4H3. The van der Waals surface area contributed by atoms with E-state index in [2.05, 4.69) is 97.7 Å². The summed E-state index contributed by atoms with van der Waals surface area (Å²) < 4.78 is 25.0. The van der Waals surface area contributed by atoms with Crippen LogP contribution in [0, 0.1) is 0 Å². The van der Waals surface area contributed by atoms with Gasteiger partial charge in [0.2, 0.25) is 0 Å². The van der Waals surface area contributed by atoms with Crippen molar-refractivity contribution in [1.29, 1.82) is 0 Å². The lowest BCUT2D eigenvalue weighted by molar-refractivity contribution is 0.122. The van der Waals surface area contributed by atoms with E-state index in [4.69, 9.17) is 18.9 Å². The van der Waals surface area contributed by atoms with Crippen molar-refractivity contribution in [3.8, 4) is 28.4 Å². The van der Waals surface area contributed by atoms with Crippen molar-refractivity contribution < 1.29 is 18.9 Å². The molecule has 1 fully saturated rings. The molecule has 2 aliphatic heterocycles. The van der Waals surface area contributed by atoms with E-state index in [1.807, 2.05) is 12.1 Å². The zero-order valence-electron chi connectivity index (χ0n) is 27.9. The molecule has 1 saturated heterocycles. The highest BCUT2D eigenvalue weighted by Crippen LogP contribution is 2.61. The number of nitrogens with zero attached hydrogens (tertiary/aromatic N) is 1. The number of benzene rings is 4. The Bertz CT molecular complexity index is 1940. The van der Waals surface area contributed by atoms with Gasteiger partial charge in [0.25, 0.3) is 0 Å². The Kier molecular flexibility index (Phi) is 7.40. The third kappa shape index (κ3) is 4.39. The van der Waals surface area contributed by atoms with Crippen molar-refractivity contribution in [2.45, 2.75) is 50.5 Å². The summed E-state index contributed by atoms with van der Waals surface area (Å²) in [5.74, 6) is 2.60. The van der Waals surface area contributed by atoms with Crippen molar-refractivity contribution in [2.24, 2.45) is 0 Å². The van der Waals surface area contributed by atoms with Crippen LogP contribution in [0.5, 0.6) is 17.2 Å². The van der Waals surface area contributed by atoms with E-state index < -0.39 is 5.60 Å². The molecule has 8 rings (SSSR count). The van der Waals surface area contributed by atoms with Gasteiger partial charge in [0.1, 0.15) is 17.2 Å². The molecule has 0 N–H and O–H groups in total. The molecular formula is C42H43NO4. The molecular weight excluding hydrogens is 582 g/mol. The third-order valence-corrected chi connectivity index (χ3v) is 11.0. The molecule has 2 heterocycles. The lowest BCUT2D eigenvalue weighted by Gasteiger charge is -2.40. The van der Waals surface area contributed by atoms with Crippen LogP contribution in [-0.2, 0) is 15.8 Å². The van der Waals surface area contributed by atoms with Gasteiger partial charge in [-0.2, -0.15) is 0 Å². The summed E-state index contributed by atoms with van der Waals surface area (Å²) >= 11 is 0. The van der Waals surface area contributed by atoms with E-state index in [0.29, 0.717) is 13.2 Å². The van der Waals surface area contributed by atoms with Crippen LogP contribution in [0.4, 0.5) is 5.69 Å². The quantitative estimate of drug-likeness (QED) is 0.205. The van der Waals surface area contributed by atoms with Crippen LogP contribution >= 0.6 is 0 Å². The Hall–Kier alpha value is -4.48. The Morgan fingerprint density at radius 2 is 1.64 bits per heavy atom. The molecule has 47 heavy (non-hydrogen) atoms. The van der Waals surface area contributed by atoms with Gasteiger partial charge in [-0.15, -0.1) is 0 Å². The van der Waals surface area contributed by atoms with Crippen LogP contribution in [0.2, 0.25) is 0 Å². The summed E-state index contributed by atoms with van der Waals surface area (Å²) in [6.45, 7) is 7.77. The first kappa shape index (κ1) is 29.9. The number of ether oxygens (including phenoxy) is 4. The Morgan fingerprint density at radius 3 is 2.34 bits per heavy atom. The van der Waals surface area contributed by atoms with E-state index in [1.54, 1.807) is 14.2 Å². The number of methoxy groups -OCH3 is 2. The van der Waals surface area contributed by atoms with Gasteiger partial charge in [-0.1, -0.05) is 74.5 Å². The molecule has 0 saturated carbocycles. The molecule has 5 nitrogen and oxygen atoms in total. The Morgan fingerprint density at radius 1 is 0.851 bits per heavy atom. The van der Waals surface area contributed by atoms with Crippen molar-refractivity contribution in [2.75, 3.05) is 45.4 Å². The summed E-state index contributed by atoms with van der Waals surface area (Å²) in [6, 6.07) is 22.0. The number of hydrogen-bond acceptors (Lipinski definition) is 5. The molecule has 4 aromatic carbocycles. The minimum atomic E-state index is -0.792. The van der Waals surface area contributed by atoms with Crippen molar-refractivity contribution >= 4 is 22.5 Å². The molecule has 1 atom stereocenters. The van der Waals surface area contributed by atoms with Crippen molar-refractivity contribution in [3.05, 3.63) is 113 Å². The Balaban J connectivity index is 1.46. The van der Waals surface area contributed by atoms with E-state index >= 15 is 0 Å². The number of morpholine rings is 1. The van der Waals surface area contributed by atoms with Gasteiger partial charge in [-0.25, -0.2) is 0 Å². The average Bonchev–Trinajstić information content (AvgIpc) is 3.45. The third-order valence-electron chi connectivity index (χ3n) is 11.0. The SMILES string of the molecule is CCC1(CC)c2ccccc2-c2c1c1c(c3cc(OC)c(N4CCOCC4)cc23)OC(C2=CCCC=C2)(c2ccc(OC)cc2)C=C1. The Labute approximate surface area is 278 Å². The molecule has 1 unspecified atom stereocenters. The lowest BCUT2D eigenvalue weighted by atomic mass is 9.71. The highest BCUT2D eigenvalue weighted by Gasteiger charge is 2.47. The largest absolute Gasteiger partial charge is 0.497 e. The number of rotatable bonds is 7. The molecule has 4 aliphatic rings. The summed E-state index contributed by atoms with van der Waals surface area (Å²) in [5.41, 5.74) is 9.06. The highest BCUT2D eigenvalue weighted by atomic mass is 16.5. The monoisotopic (exact) mass is 625 g/mol. The van der Waals surface area contributed by atoms with Crippen molar-refractivity contribution in [3.63, 3.8) is 0 Å². The number of allylic oxidation sites excluding steroid dienone is 2. The van der Waals surface area contributed by atoms with E-state index in [1.165, 1.54) is 33.2 Å². The molecule has 2 aliphatic carbocycles. The molecule has 0 spiro atoms. The van der Waals surface area contributed by atoms with Gasteiger partial charge in [0, 0.05) is 35.0 Å². The first-order valence-electron chi connectivity index (χ1n) is 17.1. The van der Waals surface area contributed by atoms with Gasteiger partial charge >= 0.3 is 0 Å². The van der Waals surface area contributed by atoms with Crippen LogP contribution in [0.3, 0.4) is 0 Å². The smallest absolute Gasteiger partial charge is 0.177 e. The molecule has 240 valence electrons. The fourth-order valence-electron chi connectivity index (χ4n) is 8.59. The number of hydrogen-bond donors (Lipinski definition) is 0. The summed E-state index contributed by atoms with van der Waals surface area (Å²) in [4.78, 5) is 2.40. The molecule has 5 heteroatoms. The van der Waals surface area contributed by atoms with Gasteiger partial charge < -0.3 is 23.8 Å². The normalized spacial score (nSPS) is 20.7. The van der Waals surface area contributed by atoms with Gasteiger partial charge in [-0.05, 0) is 89.2 Å². The maximum atomic E-state index is 7.59. The second-order valence-corrected chi connectivity index (χ2v) is 13.0. The summed E-state index contributed by atoms with van der Waals surface area (Å²) in [5, 5.41) is 2.29. The van der Waals surface area contributed by atoms with E-state index in [0.717, 1.165) is 78.2 Å². The second kappa shape index (κ2) is 11.6. The average molecular weight is 626 g/mol. The lowest BCUT2D eigenvalue weighted by Crippen LogP contribution is -2.36. The topological polar surface area (TPSA) is 40.2 Å². The van der Waals surface area contributed by atoms with Crippen molar-refractivity contribution in [1.82, 2.24) is 0 Å². The minimum absolute atomic E-state index is 0.124. The molecule has 0 aromatic heterocycles.